The number of amides is 1. The molecule has 2 bridgehead atoms. The highest BCUT2D eigenvalue weighted by atomic mass is 16.4. The maximum absolute atomic E-state index is 12.8. The van der Waals surface area contributed by atoms with Gasteiger partial charge in [0.15, 0.2) is 0 Å². The SMILES string of the molecule is O=C(O)CCC(=O)N(CCN1C2CCC1CC(c1cccc(O)c1)C2)Cc1ccccc1. The minimum Gasteiger partial charge on any atom is -0.508 e. The number of hydrogen-bond donors (Lipinski definition) is 2. The highest BCUT2D eigenvalue weighted by Gasteiger charge is 2.41. The fraction of sp³-hybridized carbons (Fsp3) is 0.462. The number of hydrogen-bond acceptors (Lipinski definition) is 4. The van der Waals surface area contributed by atoms with Gasteiger partial charge in [-0.05, 0) is 54.9 Å². The highest BCUT2D eigenvalue weighted by molar-refractivity contribution is 5.80. The van der Waals surface area contributed by atoms with Crippen molar-refractivity contribution in [3.05, 3.63) is 65.7 Å². The van der Waals surface area contributed by atoms with Gasteiger partial charge in [-0.2, -0.15) is 0 Å². The number of carbonyl (C=O) groups excluding carboxylic acids is 1. The molecule has 6 nitrogen and oxygen atoms in total. The number of phenols is 1. The number of piperidine rings is 1. The van der Waals surface area contributed by atoms with Crippen molar-refractivity contribution in [2.75, 3.05) is 13.1 Å². The zero-order valence-electron chi connectivity index (χ0n) is 18.4. The number of nitrogens with zero attached hydrogens (tertiary/aromatic N) is 2. The minimum absolute atomic E-state index is 0.0363. The molecule has 4 rings (SSSR count). The molecule has 0 aromatic heterocycles. The molecule has 1 amide bonds. The number of benzene rings is 2. The van der Waals surface area contributed by atoms with Crippen molar-refractivity contribution >= 4 is 11.9 Å². The highest BCUT2D eigenvalue weighted by Crippen LogP contribution is 2.43. The molecule has 2 heterocycles. The van der Waals surface area contributed by atoms with Crippen LogP contribution in [0.4, 0.5) is 0 Å². The van der Waals surface area contributed by atoms with Crippen LogP contribution in [-0.4, -0.2) is 57.1 Å². The molecule has 2 aliphatic rings. The maximum Gasteiger partial charge on any atom is 0.303 e. The molecule has 0 spiro atoms. The summed E-state index contributed by atoms with van der Waals surface area (Å²) in [5, 5.41) is 18.8. The third-order valence-electron chi connectivity index (χ3n) is 6.98. The van der Waals surface area contributed by atoms with Crippen LogP contribution in [0.2, 0.25) is 0 Å². The Morgan fingerprint density at radius 2 is 1.69 bits per heavy atom. The molecule has 0 radical (unpaired) electrons. The quantitative estimate of drug-likeness (QED) is 0.621. The Hall–Kier alpha value is -2.86. The largest absolute Gasteiger partial charge is 0.508 e. The number of carboxylic acids is 1. The number of carboxylic acid groups (broad SMARTS) is 1. The van der Waals surface area contributed by atoms with Gasteiger partial charge < -0.3 is 15.1 Å². The van der Waals surface area contributed by atoms with Crippen LogP contribution in [0.25, 0.3) is 0 Å². The zero-order chi connectivity index (χ0) is 22.5. The Morgan fingerprint density at radius 3 is 2.34 bits per heavy atom. The first-order valence-corrected chi connectivity index (χ1v) is 11.6. The lowest BCUT2D eigenvalue weighted by Gasteiger charge is -2.40. The van der Waals surface area contributed by atoms with E-state index in [1.165, 1.54) is 18.4 Å². The number of rotatable bonds is 9. The second-order valence-corrected chi connectivity index (χ2v) is 9.08. The standard InChI is InChI=1S/C26H32N2O4/c29-24-8-4-7-20(17-24)21-15-22-9-10-23(16-21)28(22)14-13-27(25(30)11-12-26(31)32)18-19-5-2-1-3-6-19/h1-8,17,21-23,29H,9-16,18H2,(H,31,32). The summed E-state index contributed by atoms with van der Waals surface area (Å²) in [5.74, 6) is -0.245. The van der Waals surface area contributed by atoms with Gasteiger partial charge in [-0.3, -0.25) is 14.5 Å². The molecule has 2 aliphatic heterocycles. The fourth-order valence-electron chi connectivity index (χ4n) is 5.39. The van der Waals surface area contributed by atoms with Gasteiger partial charge in [-0.15, -0.1) is 0 Å². The molecule has 2 atom stereocenters. The van der Waals surface area contributed by atoms with Gasteiger partial charge in [0.05, 0.1) is 6.42 Å². The maximum atomic E-state index is 12.8. The normalized spacial score (nSPS) is 22.6. The van der Waals surface area contributed by atoms with Crippen molar-refractivity contribution in [2.45, 2.75) is 63.1 Å². The zero-order valence-corrected chi connectivity index (χ0v) is 18.4. The van der Waals surface area contributed by atoms with E-state index >= 15 is 0 Å². The topological polar surface area (TPSA) is 81.1 Å². The number of fused-ring (bicyclic) bond motifs is 2. The van der Waals surface area contributed by atoms with Crippen LogP contribution >= 0.6 is 0 Å². The third-order valence-corrected chi connectivity index (χ3v) is 6.98. The van der Waals surface area contributed by atoms with E-state index in [2.05, 4.69) is 11.0 Å². The van der Waals surface area contributed by atoms with Crippen LogP contribution in [0.3, 0.4) is 0 Å². The first-order valence-electron chi connectivity index (χ1n) is 11.6. The van der Waals surface area contributed by atoms with Crippen molar-refractivity contribution in [1.29, 1.82) is 0 Å². The number of aromatic hydroxyl groups is 1. The summed E-state index contributed by atoms with van der Waals surface area (Å²) in [6.45, 7) is 1.93. The summed E-state index contributed by atoms with van der Waals surface area (Å²) in [7, 11) is 0. The lowest BCUT2D eigenvalue weighted by Crippen LogP contribution is -2.46. The molecular formula is C26H32N2O4. The van der Waals surface area contributed by atoms with Crippen molar-refractivity contribution in [3.8, 4) is 5.75 Å². The Kier molecular flexibility index (Phi) is 7.10. The van der Waals surface area contributed by atoms with Gasteiger partial charge in [-0.1, -0.05) is 42.5 Å². The Labute approximate surface area is 189 Å². The third kappa shape index (κ3) is 5.49. The minimum atomic E-state index is -0.940. The summed E-state index contributed by atoms with van der Waals surface area (Å²) in [5.41, 5.74) is 2.28. The molecule has 2 saturated heterocycles. The molecule has 2 aromatic rings. The molecule has 2 unspecified atom stereocenters. The molecule has 6 heteroatoms. The second kappa shape index (κ2) is 10.2. The second-order valence-electron chi connectivity index (χ2n) is 9.08. The van der Waals surface area contributed by atoms with Crippen LogP contribution in [0.1, 0.15) is 55.6 Å². The molecule has 2 N–H and O–H groups in total. The summed E-state index contributed by atoms with van der Waals surface area (Å²) in [4.78, 5) is 28.1. The Morgan fingerprint density at radius 1 is 0.969 bits per heavy atom. The van der Waals surface area contributed by atoms with Gasteiger partial charge in [0.25, 0.3) is 0 Å². The van der Waals surface area contributed by atoms with E-state index in [1.54, 1.807) is 6.07 Å². The average Bonchev–Trinajstić information content (AvgIpc) is 3.02. The van der Waals surface area contributed by atoms with Crippen molar-refractivity contribution < 1.29 is 19.8 Å². The predicted molar refractivity (Wildman–Crippen MR) is 122 cm³/mol. The Bertz CT molecular complexity index is 918. The van der Waals surface area contributed by atoms with E-state index in [0.29, 0.717) is 36.8 Å². The number of phenolic OH excluding ortho intramolecular Hbond substituents is 1. The van der Waals surface area contributed by atoms with Gasteiger partial charge in [0, 0.05) is 38.1 Å². The van der Waals surface area contributed by atoms with Gasteiger partial charge in [0.2, 0.25) is 5.91 Å². The molecule has 170 valence electrons. The lowest BCUT2D eigenvalue weighted by atomic mass is 9.85. The fourth-order valence-corrected chi connectivity index (χ4v) is 5.39. The van der Waals surface area contributed by atoms with Crippen molar-refractivity contribution in [2.24, 2.45) is 0 Å². The molecule has 0 aliphatic carbocycles. The summed E-state index contributed by atoms with van der Waals surface area (Å²) >= 11 is 0. The molecule has 2 fully saturated rings. The van der Waals surface area contributed by atoms with Crippen LogP contribution in [0, 0.1) is 0 Å². The smallest absolute Gasteiger partial charge is 0.303 e. The van der Waals surface area contributed by atoms with Gasteiger partial charge in [0.1, 0.15) is 5.75 Å². The van der Waals surface area contributed by atoms with E-state index in [9.17, 15) is 14.7 Å². The van der Waals surface area contributed by atoms with Crippen LogP contribution in [-0.2, 0) is 16.1 Å². The summed E-state index contributed by atoms with van der Waals surface area (Å²) in [6, 6.07) is 18.5. The monoisotopic (exact) mass is 436 g/mol. The van der Waals surface area contributed by atoms with Gasteiger partial charge in [-0.25, -0.2) is 0 Å². The van der Waals surface area contributed by atoms with E-state index in [-0.39, 0.29) is 18.7 Å². The molecule has 32 heavy (non-hydrogen) atoms. The van der Waals surface area contributed by atoms with E-state index in [4.69, 9.17) is 5.11 Å². The summed E-state index contributed by atoms with van der Waals surface area (Å²) in [6.07, 6.45) is 4.40. The average molecular weight is 437 g/mol. The van der Waals surface area contributed by atoms with Crippen LogP contribution < -0.4 is 0 Å². The van der Waals surface area contributed by atoms with E-state index < -0.39 is 5.97 Å². The van der Waals surface area contributed by atoms with Crippen LogP contribution in [0.15, 0.2) is 54.6 Å². The molecular weight excluding hydrogens is 404 g/mol. The lowest BCUT2D eigenvalue weighted by molar-refractivity contribution is -0.141. The van der Waals surface area contributed by atoms with E-state index in [1.807, 2.05) is 47.4 Å². The number of aliphatic carboxylic acids is 1. The van der Waals surface area contributed by atoms with Gasteiger partial charge >= 0.3 is 5.97 Å². The predicted octanol–water partition coefficient (Wildman–Crippen LogP) is 4.00. The Balaban J connectivity index is 1.39. The molecule has 2 aromatic carbocycles. The summed E-state index contributed by atoms with van der Waals surface area (Å²) < 4.78 is 0. The van der Waals surface area contributed by atoms with Crippen LogP contribution in [0.5, 0.6) is 5.75 Å². The first-order chi connectivity index (χ1) is 15.5. The van der Waals surface area contributed by atoms with E-state index in [0.717, 1.165) is 24.9 Å². The van der Waals surface area contributed by atoms with Crippen molar-refractivity contribution in [1.82, 2.24) is 9.80 Å². The first kappa shape index (κ1) is 22.3. The van der Waals surface area contributed by atoms with Crippen molar-refractivity contribution in [3.63, 3.8) is 0 Å². The number of carbonyl (C=O) groups is 2. The molecule has 0 saturated carbocycles.